The number of fused-ring (bicyclic) bond motifs is 4. The average molecular weight is 1300 g/mol. The summed E-state index contributed by atoms with van der Waals surface area (Å²) < 4.78 is 17.1. The quantitative estimate of drug-likeness (QED) is 0.115. The van der Waals surface area contributed by atoms with Crippen molar-refractivity contribution in [1.82, 2.24) is 64.8 Å². The Hall–Kier alpha value is -5.19. The molecule has 4 aromatic heterocycles. The van der Waals surface area contributed by atoms with Gasteiger partial charge in [-0.05, 0) is 159 Å². The molecule has 0 bridgehead atoms. The Labute approximate surface area is 557 Å². The van der Waals surface area contributed by atoms with Gasteiger partial charge in [0.25, 0.3) is 0 Å². The fourth-order valence-corrected chi connectivity index (χ4v) is 19.0. The molecule has 19 heteroatoms. The molecule has 4 saturated heterocycles. The summed E-state index contributed by atoms with van der Waals surface area (Å²) in [5.41, 5.74) is 4.11. The number of likely N-dealkylation sites (tertiary alicyclic amines) is 1. The van der Waals surface area contributed by atoms with Crippen LogP contribution in [0, 0.1) is 0 Å². The fraction of sp³-hybridized carbons (Fsp3) is 0.562. The third-order valence-electron chi connectivity index (χ3n) is 20.4. The van der Waals surface area contributed by atoms with E-state index in [0.29, 0.717) is 21.8 Å². The highest BCUT2D eigenvalue weighted by Gasteiger charge is 2.32. The van der Waals surface area contributed by atoms with E-state index in [1.807, 2.05) is 77.8 Å². The summed E-state index contributed by atoms with van der Waals surface area (Å²) in [6.45, 7) is 15.4. The highest BCUT2D eigenvalue weighted by Crippen LogP contribution is 2.40. The highest BCUT2D eigenvalue weighted by atomic mass is 32.2. The SMILES string of the molecule is c1ccc2c(OC3CCC(N4CCOCC4)CC3)ncnc2c1.c1ccc2c(SC3CCC(N4CCCCC4)CC3)ncnc2c1.c1ccc2c(SC3CCC(N4CCNCC4)CC3)ncnc2c1.c1ccc2c(SC3CCC(N4CCOCC4)CC3)ncnc2c1. The van der Waals surface area contributed by atoms with E-state index in [2.05, 4.69) is 119 Å². The molecule has 488 valence electrons. The van der Waals surface area contributed by atoms with E-state index in [4.69, 9.17) is 14.2 Å². The lowest BCUT2D eigenvalue weighted by Gasteiger charge is -2.38. The second kappa shape index (κ2) is 34.0. The van der Waals surface area contributed by atoms with Crippen LogP contribution in [0.1, 0.15) is 122 Å². The Morgan fingerprint density at radius 1 is 0.337 bits per heavy atom. The summed E-state index contributed by atoms with van der Waals surface area (Å²) in [7, 11) is 0. The predicted octanol–water partition coefficient (Wildman–Crippen LogP) is 13.5. The van der Waals surface area contributed by atoms with E-state index >= 15 is 0 Å². The normalized spacial score (nSPS) is 26.4. The van der Waals surface area contributed by atoms with Gasteiger partial charge < -0.3 is 24.4 Å². The zero-order valence-corrected chi connectivity index (χ0v) is 56.3. The first-order valence-electron chi connectivity index (χ1n) is 34.9. The molecule has 8 aliphatic rings. The van der Waals surface area contributed by atoms with Gasteiger partial charge in [0.05, 0.1) is 53.9 Å². The van der Waals surface area contributed by atoms with Crippen LogP contribution in [0.3, 0.4) is 0 Å². The van der Waals surface area contributed by atoms with Crippen LogP contribution in [0.15, 0.2) is 137 Å². The number of morpholine rings is 2. The number of hydrogen-bond acceptors (Lipinski definition) is 19. The van der Waals surface area contributed by atoms with Crippen LogP contribution >= 0.6 is 35.3 Å². The monoisotopic (exact) mass is 1300 g/mol. The number of nitrogens with one attached hydrogen (secondary N) is 1. The number of thioether (sulfide) groups is 3. The number of ether oxygens (including phenoxy) is 3. The second-order valence-electron chi connectivity index (χ2n) is 26.2. The van der Waals surface area contributed by atoms with Gasteiger partial charge in [-0.25, -0.2) is 39.9 Å². The van der Waals surface area contributed by atoms with Crippen molar-refractivity contribution in [3.8, 4) is 5.88 Å². The highest BCUT2D eigenvalue weighted by molar-refractivity contribution is 8.00. The first-order valence-corrected chi connectivity index (χ1v) is 37.5. The van der Waals surface area contributed by atoms with Crippen molar-refractivity contribution in [2.24, 2.45) is 0 Å². The number of benzene rings is 4. The van der Waals surface area contributed by atoms with Crippen molar-refractivity contribution in [2.45, 2.75) is 183 Å². The lowest BCUT2D eigenvalue weighted by Crippen LogP contribution is -2.49. The summed E-state index contributed by atoms with van der Waals surface area (Å²) in [6, 6.07) is 36.2. The lowest BCUT2D eigenvalue weighted by atomic mass is 9.91. The van der Waals surface area contributed by atoms with Gasteiger partial charge in [-0.3, -0.25) is 14.7 Å². The Kier molecular flexibility index (Phi) is 24.2. The Morgan fingerprint density at radius 2 is 0.663 bits per heavy atom. The van der Waals surface area contributed by atoms with Gasteiger partial charge in [-0.2, -0.15) is 0 Å². The molecule has 8 aromatic rings. The van der Waals surface area contributed by atoms with Gasteiger partial charge in [0.15, 0.2) is 0 Å². The first-order chi connectivity index (χ1) is 45.6. The summed E-state index contributed by atoms with van der Waals surface area (Å²) in [6.07, 6.45) is 31.6. The summed E-state index contributed by atoms with van der Waals surface area (Å²) in [5, 5.41) is 13.6. The van der Waals surface area contributed by atoms with Gasteiger partial charge in [-0.1, -0.05) is 73.2 Å². The molecule has 4 aromatic carbocycles. The van der Waals surface area contributed by atoms with E-state index in [-0.39, 0.29) is 6.10 Å². The molecule has 4 saturated carbocycles. The van der Waals surface area contributed by atoms with Crippen molar-refractivity contribution in [2.75, 3.05) is 91.9 Å². The van der Waals surface area contributed by atoms with Crippen LogP contribution in [0.5, 0.6) is 5.88 Å². The Morgan fingerprint density at radius 3 is 1.07 bits per heavy atom. The van der Waals surface area contributed by atoms with Gasteiger partial charge in [0.2, 0.25) is 5.88 Å². The maximum Gasteiger partial charge on any atom is 0.224 e. The number of hydrogen-bond donors (Lipinski definition) is 1. The molecule has 0 spiro atoms. The largest absolute Gasteiger partial charge is 0.474 e. The van der Waals surface area contributed by atoms with E-state index in [1.54, 1.807) is 25.3 Å². The molecule has 4 aliphatic heterocycles. The van der Waals surface area contributed by atoms with Crippen molar-refractivity contribution in [3.05, 3.63) is 122 Å². The number of piperazine rings is 1. The molecular weight excluding hydrogens is 1200 g/mol. The molecule has 0 radical (unpaired) electrons. The average Bonchev–Trinajstić information content (AvgIpc) is 2.81. The fourth-order valence-electron chi connectivity index (χ4n) is 15.3. The third-order valence-corrected chi connectivity index (χ3v) is 24.5. The molecule has 8 heterocycles. The Balaban J connectivity index is 0.000000112. The lowest BCUT2D eigenvalue weighted by molar-refractivity contribution is -0.00126. The maximum atomic E-state index is 6.21. The smallest absolute Gasteiger partial charge is 0.224 e. The van der Waals surface area contributed by atoms with Gasteiger partial charge in [-0.15, -0.1) is 35.3 Å². The van der Waals surface area contributed by atoms with Crippen LogP contribution in [-0.4, -0.2) is 197 Å². The van der Waals surface area contributed by atoms with Crippen LogP contribution < -0.4 is 10.1 Å². The van der Waals surface area contributed by atoms with Crippen LogP contribution in [-0.2, 0) is 9.47 Å². The molecule has 16 nitrogen and oxygen atoms in total. The predicted molar refractivity (Wildman–Crippen MR) is 375 cm³/mol. The Bertz CT molecular complexity index is 3040. The summed E-state index contributed by atoms with van der Waals surface area (Å²) in [5.74, 6) is 0.727. The van der Waals surface area contributed by atoms with Gasteiger partial charge in [0.1, 0.15) is 46.5 Å². The standard InChI is InChI=1S/C19H25N3S.C18H24N4S.C18H23N3O2.C18H23N3OS/c1-4-12-22(13-5-1)15-8-10-16(11-9-15)23-19-17-6-2-3-7-18(17)20-14-21-19;1-2-4-17-16(3-1)18(21-13-20-17)23-15-7-5-14(6-8-15)22-11-9-19-10-12-22;2*1-2-4-17-16(3-1)18(20-13-19-17)23-15-7-5-14(6-8-15)21-9-11-22-12-10-21/h2-3,6-7,14-16H,1,4-5,8-13H2;1-4,13-15,19H,5-12H2;2*1-4,13-15H,5-12H2. The number of piperidine rings is 1. The minimum absolute atomic E-state index is 0.269. The molecule has 4 aliphatic carbocycles. The van der Waals surface area contributed by atoms with Crippen LogP contribution in [0.4, 0.5) is 0 Å². The molecular formula is C73H95N13O3S3. The van der Waals surface area contributed by atoms with Gasteiger partial charge in [0, 0.05) is 108 Å². The minimum Gasteiger partial charge on any atom is -0.474 e. The zero-order chi connectivity index (χ0) is 61.9. The van der Waals surface area contributed by atoms with E-state index in [0.717, 1.165) is 145 Å². The minimum atomic E-state index is 0.269. The number of rotatable bonds is 12. The number of para-hydroxylation sites is 4. The third kappa shape index (κ3) is 17.8. The first kappa shape index (κ1) is 65.5. The number of nitrogens with zero attached hydrogens (tertiary/aromatic N) is 12. The van der Waals surface area contributed by atoms with Crippen LogP contribution in [0.2, 0.25) is 0 Å². The molecule has 92 heavy (non-hydrogen) atoms. The van der Waals surface area contributed by atoms with Gasteiger partial charge >= 0.3 is 0 Å². The molecule has 0 unspecified atom stereocenters. The van der Waals surface area contributed by atoms with Crippen molar-refractivity contribution >= 4 is 78.9 Å². The van der Waals surface area contributed by atoms with Crippen molar-refractivity contribution in [1.29, 1.82) is 0 Å². The maximum absolute atomic E-state index is 6.21. The van der Waals surface area contributed by atoms with Crippen LogP contribution in [0.25, 0.3) is 43.6 Å². The second-order valence-corrected chi connectivity index (χ2v) is 30.0. The molecule has 0 amide bonds. The van der Waals surface area contributed by atoms with E-state index in [1.165, 1.54) is 151 Å². The van der Waals surface area contributed by atoms with Crippen molar-refractivity contribution < 1.29 is 14.2 Å². The topological polar surface area (TPSA) is 156 Å². The number of aromatic nitrogens is 8. The molecule has 16 rings (SSSR count). The summed E-state index contributed by atoms with van der Waals surface area (Å²) >= 11 is 5.88. The van der Waals surface area contributed by atoms with E-state index in [9.17, 15) is 0 Å². The molecule has 0 atom stereocenters. The van der Waals surface area contributed by atoms with Crippen molar-refractivity contribution in [3.63, 3.8) is 0 Å². The molecule has 1 N–H and O–H groups in total. The van der Waals surface area contributed by atoms with E-state index < -0.39 is 0 Å². The zero-order valence-electron chi connectivity index (χ0n) is 53.8. The molecule has 8 fully saturated rings. The summed E-state index contributed by atoms with van der Waals surface area (Å²) in [4.78, 5) is 46.0.